The maximum atomic E-state index is 6.12. The number of benzene rings is 2. The van der Waals surface area contributed by atoms with Crippen molar-refractivity contribution < 1.29 is 9.47 Å². The number of hydrogen-bond donors (Lipinski definition) is 0. The second-order valence-electron chi connectivity index (χ2n) is 11.2. The van der Waals surface area contributed by atoms with Crippen molar-refractivity contribution in [3.8, 4) is 23.0 Å². The summed E-state index contributed by atoms with van der Waals surface area (Å²) in [5.74, 6) is 5.07. The Morgan fingerprint density at radius 3 is 1.48 bits per heavy atom. The maximum Gasteiger partial charge on any atom is 0.149 e. The molecule has 0 aliphatic carbocycles. The summed E-state index contributed by atoms with van der Waals surface area (Å²) in [7, 11) is 4.32. The second-order valence-corrected chi connectivity index (χ2v) is 12.1. The third-order valence-corrected chi connectivity index (χ3v) is 8.97. The van der Waals surface area contributed by atoms with Gasteiger partial charge in [-0.25, -0.2) is 0 Å². The largest absolute Gasteiger partial charge is 0.455 e. The molecule has 2 aromatic heterocycles. The lowest BCUT2D eigenvalue weighted by molar-refractivity contribution is 0.400. The number of halogens is 2. The Kier molecular flexibility index (Phi) is 6.67. The smallest absolute Gasteiger partial charge is 0.149 e. The van der Waals surface area contributed by atoms with E-state index in [1.54, 1.807) is 0 Å². The van der Waals surface area contributed by atoms with Gasteiger partial charge in [-0.05, 0) is 73.8 Å². The molecule has 2 saturated heterocycles. The molecule has 4 aromatic rings. The summed E-state index contributed by atoms with van der Waals surface area (Å²) in [6.45, 7) is 4.08. The number of rotatable bonds is 0. The van der Waals surface area contributed by atoms with E-state index in [-0.39, 0.29) is 0 Å². The van der Waals surface area contributed by atoms with Crippen LogP contribution in [0.5, 0.6) is 23.0 Å². The van der Waals surface area contributed by atoms with Gasteiger partial charge in [0.1, 0.15) is 23.0 Å². The Morgan fingerprint density at radius 1 is 0.600 bits per heavy atom. The van der Waals surface area contributed by atoms with E-state index in [4.69, 9.17) is 32.7 Å². The van der Waals surface area contributed by atoms with Crippen LogP contribution in [0.15, 0.2) is 73.1 Å². The first kappa shape index (κ1) is 25.8. The first-order valence-electron chi connectivity index (χ1n) is 13.7. The molecule has 4 aliphatic heterocycles. The molecular weight excluding hydrogens is 543 g/mol. The summed E-state index contributed by atoms with van der Waals surface area (Å²) in [5, 5.41) is 1.41. The van der Waals surface area contributed by atoms with Crippen LogP contribution in [-0.2, 0) is 0 Å². The predicted molar refractivity (Wildman–Crippen MR) is 157 cm³/mol. The molecule has 0 spiro atoms. The molecule has 40 heavy (non-hydrogen) atoms. The van der Waals surface area contributed by atoms with Crippen molar-refractivity contribution in [2.45, 2.75) is 23.7 Å². The Morgan fingerprint density at radius 2 is 1.02 bits per heavy atom. The summed E-state index contributed by atoms with van der Waals surface area (Å²) in [5.41, 5.74) is 4.60. The molecule has 4 atom stereocenters. The molecule has 0 bridgehead atoms. The van der Waals surface area contributed by atoms with Gasteiger partial charge in [-0.2, -0.15) is 0 Å². The molecule has 0 saturated carbocycles. The molecule has 0 radical (unpaired) electrons. The lowest BCUT2D eigenvalue weighted by Gasteiger charge is -2.16. The standard InChI is InChI=1S/2C16H15ClN2O/c2*1-19-8-12-11-5-4-10(17)7-15(11)20-14-3-2-6-18-16(14)13(12)9-19/h2*2-7,12-13H,8-9H2,1H3/t12-,13+;12-,13-/m10/s1. The molecule has 4 aliphatic rings. The Hall–Kier alpha value is -3.16. The van der Waals surface area contributed by atoms with Crippen LogP contribution in [0.4, 0.5) is 0 Å². The number of aromatic nitrogens is 2. The number of ether oxygens (including phenoxy) is 2. The van der Waals surface area contributed by atoms with Gasteiger partial charge in [0.25, 0.3) is 0 Å². The van der Waals surface area contributed by atoms with Crippen molar-refractivity contribution in [2.24, 2.45) is 0 Å². The van der Waals surface area contributed by atoms with Crippen molar-refractivity contribution in [1.29, 1.82) is 0 Å². The van der Waals surface area contributed by atoms with E-state index in [1.807, 2.05) is 60.9 Å². The number of likely N-dealkylation sites (N-methyl/N-ethyl adjacent to an activating group) is 2. The highest BCUT2D eigenvalue weighted by atomic mass is 35.5. The van der Waals surface area contributed by atoms with Crippen molar-refractivity contribution in [3.05, 3.63) is 106 Å². The van der Waals surface area contributed by atoms with E-state index in [9.17, 15) is 0 Å². The summed E-state index contributed by atoms with van der Waals surface area (Å²) >= 11 is 12.2. The van der Waals surface area contributed by atoms with Gasteiger partial charge in [0.15, 0.2) is 0 Å². The van der Waals surface area contributed by atoms with Gasteiger partial charge in [-0.3, -0.25) is 9.97 Å². The topological polar surface area (TPSA) is 50.7 Å². The van der Waals surface area contributed by atoms with Crippen LogP contribution >= 0.6 is 23.2 Å². The van der Waals surface area contributed by atoms with Crippen molar-refractivity contribution in [3.63, 3.8) is 0 Å². The van der Waals surface area contributed by atoms with Gasteiger partial charge in [-0.15, -0.1) is 0 Å². The monoisotopic (exact) mass is 572 g/mol. The van der Waals surface area contributed by atoms with E-state index in [0.29, 0.717) is 33.7 Å². The molecule has 2 aromatic carbocycles. The molecule has 0 amide bonds. The number of fused-ring (bicyclic) bond motifs is 10. The number of nitrogens with zero attached hydrogens (tertiary/aromatic N) is 4. The minimum Gasteiger partial charge on any atom is -0.455 e. The lowest BCUT2D eigenvalue weighted by atomic mass is 9.86. The zero-order chi connectivity index (χ0) is 27.4. The van der Waals surface area contributed by atoms with E-state index in [2.05, 4.69) is 46.0 Å². The fraction of sp³-hybridized carbons (Fsp3) is 0.312. The second kappa shape index (κ2) is 10.3. The highest BCUT2D eigenvalue weighted by molar-refractivity contribution is 6.31. The molecular formula is C32H30Cl2N4O2. The minimum absolute atomic E-state index is 0.388. The average Bonchev–Trinajstić information content (AvgIpc) is 3.45. The fourth-order valence-corrected chi connectivity index (χ4v) is 7.09. The van der Waals surface area contributed by atoms with E-state index >= 15 is 0 Å². The normalized spacial score (nSPS) is 24.3. The molecule has 6 heterocycles. The summed E-state index contributed by atoms with van der Waals surface area (Å²) in [6, 6.07) is 19.7. The van der Waals surface area contributed by atoms with Gasteiger partial charge in [0.05, 0.1) is 11.4 Å². The molecule has 6 nitrogen and oxygen atoms in total. The number of likely N-dealkylation sites (tertiary alicyclic amines) is 2. The first-order valence-corrected chi connectivity index (χ1v) is 14.4. The zero-order valence-electron chi connectivity index (χ0n) is 22.4. The Labute approximate surface area is 244 Å². The van der Waals surface area contributed by atoms with Crippen LogP contribution in [0.25, 0.3) is 0 Å². The van der Waals surface area contributed by atoms with Gasteiger partial charge in [0.2, 0.25) is 0 Å². The molecule has 8 rings (SSSR count). The molecule has 0 N–H and O–H groups in total. The van der Waals surface area contributed by atoms with Gasteiger partial charge >= 0.3 is 0 Å². The van der Waals surface area contributed by atoms with Crippen molar-refractivity contribution in [2.75, 3.05) is 40.3 Å². The van der Waals surface area contributed by atoms with Crippen LogP contribution < -0.4 is 9.47 Å². The first-order chi connectivity index (χ1) is 19.4. The zero-order valence-corrected chi connectivity index (χ0v) is 23.9. The van der Waals surface area contributed by atoms with Crippen molar-refractivity contribution >= 4 is 23.2 Å². The molecule has 204 valence electrons. The minimum atomic E-state index is 0.388. The van der Waals surface area contributed by atoms with Gasteiger partial charge < -0.3 is 19.3 Å². The summed E-state index contributed by atoms with van der Waals surface area (Å²) in [6.07, 6.45) is 3.70. The van der Waals surface area contributed by atoms with Gasteiger partial charge in [-0.1, -0.05) is 35.3 Å². The Balaban J connectivity index is 0.000000132. The SMILES string of the molecule is CN1C[C@@H]2c3ccc(Cl)cc3Oc3cccnc3[C@H]2C1.CN1C[C@@H]2c3ncccc3Oc3cc(Cl)ccc3[C@@H]2C1. The fourth-order valence-electron chi connectivity index (χ4n) is 6.76. The third kappa shape index (κ3) is 4.63. The van der Waals surface area contributed by atoms with Crippen LogP contribution in [0.1, 0.15) is 46.2 Å². The lowest BCUT2D eigenvalue weighted by Crippen LogP contribution is -2.14. The van der Waals surface area contributed by atoms with Crippen LogP contribution in [0.2, 0.25) is 10.0 Å². The van der Waals surface area contributed by atoms with Gasteiger partial charge in [0, 0.05) is 72.3 Å². The number of hydrogen-bond acceptors (Lipinski definition) is 6. The van der Waals surface area contributed by atoms with Crippen LogP contribution in [0, 0.1) is 0 Å². The van der Waals surface area contributed by atoms with E-state index in [1.165, 1.54) is 11.1 Å². The average molecular weight is 574 g/mol. The van der Waals surface area contributed by atoms with E-state index < -0.39 is 0 Å². The molecule has 2 fully saturated rings. The molecule has 0 unspecified atom stereocenters. The summed E-state index contributed by atoms with van der Waals surface area (Å²) < 4.78 is 12.2. The van der Waals surface area contributed by atoms with Crippen LogP contribution in [-0.4, -0.2) is 60.0 Å². The highest BCUT2D eigenvalue weighted by Crippen LogP contribution is 2.50. The molecule has 8 heteroatoms. The van der Waals surface area contributed by atoms with Crippen molar-refractivity contribution in [1.82, 2.24) is 19.8 Å². The van der Waals surface area contributed by atoms with E-state index in [0.717, 1.165) is 60.6 Å². The quantitative estimate of drug-likeness (QED) is 0.220. The maximum absolute atomic E-state index is 6.12. The third-order valence-electron chi connectivity index (χ3n) is 8.50. The summed E-state index contributed by atoms with van der Waals surface area (Å²) in [4.78, 5) is 13.9. The number of pyridine rings is 2. The Bertz CT molecular complexity index is 1460. The van der Waals surface area contributed by atoms with Crippen LogP contribution in [0.3, 0.4) is 0 Å². The predicted octanol–water partition coefficient (Wildman–Crippen LogP) is 7.31. The highest BCUT2D eigenvalue weighted by Gasteiger charge is 2.40.